The molecule has 0 spiro atoms. The van der Waals surface area contributed by atoms with Gasteiger partial charge in [0.1, 0.15) is 0 Å². The minimum Gasteiger partial charge on any atom is -0.398 e. The first kappa shape index (κ1) is 14.0. The van der Waals surface area contributed by atoms with Crippen LogP contribution in [0.2, 0.25) is 5.02 Å². The highest BCUT2D eigenvalue weighted by Crippen LogP contribution is 2.35. The summed E-state index contributed by atoms with van der Waals surface area (Å²) in [5.74, 6) is -0.0277. The minimum absolute atomic E-state index is 0.0277. The Morgan fingerprint density at radius 2 is 2.05 bits per heavy atom. The fourth-order valence-electron chi connectivity index (χ4n) is 2.96. The van der Waals surface area contributed by atoms with Gasteiger partial charge in [-0.2, -0.15) is 0 Å². The van der Waals surface area contributed by atoms with Crippen LogP contribution in [0.4, 0.5) is 5.69 Å². The summed E-state index contributed by atoms with van der Waals surface area (Å²) in [4.78, 5) is 14.4. The van der Waals surface area contributed by atoms with Crippen molar-refractivity contribution in [3.8, 4) is 0 Å². The summed E-state index contributed by atoms with van der Waals surface area (Å²) >= 11 is 5.91. The van der Waals surface area contributed by atoms with Gasteiger partial charge in [0.05, 0.1) is 16.8 Å². The fourth-order valence-corrected chi connectivity index (χ4v) is 3.08. The lowest BCUT2D eigenvalue weighted by atomic mass is 10.1. The first-order valence-corrected chi connectivity index (χ1v) is 7.35. The predicted octanol–water partition coefficient (Wildman–Crippen LogP) is 3.68. The molecule has 0 saturated carbocycles. The second-order valence-corrected chi connectivity index (χ2v) is 5.81. The van der Waals surface area contributed by atoms with E-state index in [2.05, 4.69) is 12.1 Å². The molecular weight excluding hydrogens is 284 g/mol. The van der Waals surface area contributed by atoms with Crippen LogP contribution < -0.4 is 5.73 Å². The van der Waals surface area contributed by atoms with E-state index in [1.807, 2.05) is 19.2 Å². The lowest BCUT2D eigenvalue weighted by Gasteiger charge is -2.25. The maximum atomic E-state index is 12.6. The second-order valence-electron chi connectivity index (χ2n) is 5.41. The molecule has 3 nitrogen and oxygen atoms in total. The third kappa shape index (κ3) is 2.49. The molecule has 0 bridgehead atoms. The van der Waals surface area contributed by atoms with Crippen LogP contribution in [0.3, 0.4) is 0 Å². The van der Waals surface area contributed by atoms with Crippen LogP contribution >= 0.6 is 11.6 Å². The highest BCUT2D eigenvalue weighted by Gasteiger charge is 2.28. The summed E-state index contributed by atoms with van der Waals surface area (Å²) in [5, 5.41) is 0.473. The minimum atomic E-state index is -0.0277. The molecule has 2 aromatic rings. The van der Waals surface area contributed by atoms with Crippen molar-refractivity contribution in [2.45, 2.75) is 18.9 Å². The van der Waals surface area contributed by atoms with E-state index in [4.69, 9.17) is 17.3 Å². The van der Waals surface area contributed by atoms with Crippen molar-refractivity contribution in [2.75, 3.05) is 12.8 Å². The van der Waals surface area contributed by atoms with Crippen LogP contribution in [0.15, 0.2) is 42.5 Å². The van der Waals surface area contributed by atoms with E-state index in [9.17, 15) is 4.79 Å². The largest absolute Gasteiger partial charge is 0.398 e. The van der Waals surface area contributed by atoms with Gasteiger partial charge in [0, 0.05) is 12.6 Å². The van der Waals surface area contributed by atoms with Crippen LogP contribution in [0.25, 0.3) is 0 Å². The summed E-state index contributed by atoms with van der Waals surface area (Å²) in [6.45, 7) is 0. The smallest absolute Gasteiger partial charge is 0.254 e. The monoisotopic (exact) mass is 300 g/mol. The molecule has 1 aliphatic carbocycles. The number of hydrogen-bond acceptors (Lipinski definition) is 2. The molecule has 0 fully saturated rings. The van der Waals surface area contributed by atoms with Gasteiger partial charge < -0.3 is 10.6 Å². The maximum absolute atomic E-state index is 12.6. The van der Waals surface area contributed by atoms with Gasteiger partial charge in [0.25, 0.3) is 5.91 Å². The molecule has 2 N–H and O–H groups in total. The molecule has 0 radical (unpaired) electrons. The number of nitrogens with two attached hydrogens (primary N) is 1. The number of aryl methyl sites for hydroxylation is 1. The molecule has 1 amide bonds. The van der Waals surface area contributed by atoms with E-state index in [0.717, 1.165) is 12.8 Å². The number of nitrogens with zero attached hydrogens (tertiary/aromatic N) is 1. The Balaban J connectivity index is 1.87. The second kappa shape index (κ2) is 5.41. The van der Waals surface area contributed by atoms with Crippen LogP contribution in [0, 0.1) is 0 Å². The van der Waals surface area contributed by atoms with E-state index in [-0.39, 0.29) is 11.9 Å². The predicted molar refractivity (Wildman–Crippen MR) is 85.5 cm³/mol. The van der Waals surface area contributed by atoms with Crippen molar-refractivity contribution >= 4 is 23.2 Å². The average molecular weight is 301 g/mol. The Kier molecular flexibility index (Phi) is 3.60. The number of fused-ring (bicyclic) bond motifs is 1. The number of benzene rings is 2. The van der Waals surface area contributed by atoms with Crippen LogP contribution in [-0.2, 0) is 6.42 Å². The zero-order valence-electron chi connectivity index (χ0n) is 11.8. The lowest BCUT2D eigenvalue weighted by molar-refractivity contribution is 0.0730. The van der Waals surface area contributed by atoms with Crippen molar-refractivity contribution in [1.29, 1.82) is 0 Å². The van der Waals surface area contributed by atoms with Gasteiger partial charge in [0.2, 0.25) is 0 Å². The Hall–Kier alpha value is -2.00. The van der Waals surface area contributed by atoms with Gasteiger partial charge in [-0.3, -0.25) is 4.79 Å². The molecule has 1 aliphatic rings. The molecule has 2 aromatic carbocycles. The summed E-state index contributed by atoms with van der Waals surface area (Å²) < 4.78 is 0. The van der Waals surface area contributed by atoms with Crippen LogP contribution in [0.5, 0.6) is 0 Å². The SMILES string of the molecule is CN(C(=O)c1ccc(Cl)c(N)c1)C1CCc2ccccc21. The van der Waals surface area contributed by atoms with Crippen LogP contribution in [-0.4, -0.2) is 17.9 Å². The maximum Gasteiger partial charge on any atom is 0.254 e. The molecule has 0 heterocycles. The Bertz CT molecular complexity index is 699. The quantitative estimate of drug-likeness (QED) is 0.860. The lowest BCUT2D eigenvalue weighted by Crippen LogP contribution is -2.30. The van der Waals surface area contributed by atoms with Crippen molar-refractivity contribution < 1.29 is 4.79 Å². The van der Waals surface area contributed by atoms with Crippen molar-refractivity contribution in [2.24, 2.45) is 0 Å². The van der Waals surface area contributed by atoms with Crippen LogP contribution in [0.1, 0.15) is 33.9 Å². The van der Waals surface area contributed by atoms with Crippen molar-refractivity contribution in [3.63, 3.8) is 0 Å². The molecule has 1 unspecified atom stereocenters. The molecule has 0 aromatic heterocycles. The Morgan fingerprint density at radius 3 is 2.81 bits per heavy atom. The van der Waals surface area contributed by atoms with Gasteiger partial charge in [0.15, 0.2) is 0 Å². The molecule has 1 atom stereocenters. The van der Waals surface area contributed by atoms with E-state index in [0.29, 0.717) is 16.3 Å². The van der Waals surface area contributed by atoms with Crippen molar-refractivity contribution in [3.05, 3.63) is 64.2 Å². The molecule has 21 heavy (non-hydrogen) atoms. The zero-order chi connectivity index (χ0) is 15.0. The fraction of sp³-hybridized carbons (Fsp3) is 0.235. The normalized spacial score (nSPS) is 16.6. The molecule has 4 heteroatoms. The zero-order valence-corrected chi connectivity index (χ0v) is 12.6. The Morgan fingerprint density at radius 1 is 1.29 bits per heavy atom. The molecular formula is C17H17ClN2O. The van der Waals surface area contributed by atoms with E-state index in [1.165, 1.54) is 11.1 Å². The van der Waals surface area contributed by atoms with E-state index < -0.39 is 0 Å². The standard InChI is InChI=1S/C17H17ClN2O/c1-20(16-9-7-11-4-2-3-5-13(11)16)17(21)12-6-8-14(18)15(19)10-12/h2-6,8,10,16H,7,9,19H2,1H3. The van der Waals surface area contributed by atoms with Gasteiger partial charge in [-0.25, -0.2) is 0 Å². The number of anilines is 1. The molecule has 0 aliphatic heterocycles. The highest BCUT2D eigenvalue weighted by molar-refractivity contribution is 6.33. The highest BCUT2D eigenvalue weighted by atomic mass is 35.5. The average Bonchev–Trinajstić information content (AvgIpc) is 2.92. The van der Waals surface area contributed by atoms with E-state index >= 15 is 0 Å². The first-order valence-electron chi connectivity index (χ1n) is 6.98. The number of carbonyl (C=O) groups is 1. The summed E-state index contributed by atoms with van der Waals surface area (Å²) in [7, 11) is 1.85. The van der Waals surface area contributed by atoms with Crippen molar-refractivity contribution in [1.82, 2.24) is 4.90 Å². The number of rotatable bonds is 2. The number of amides is 1. The first-order chi connectivity index (χ1) is 10.1. The molecule has 0 saturated heterocycles. The summed E-state index contributed by atoms with van der Waals surface area (Å²) in [5.41, 5.74) is 9.37. The number of nitrogen functional groups attached to an aromatic ring is 1. The Labute approximate surface area is 129 Å². The molecule has 3 rings (SSSR count). The van der Waals surface area contributed by atoms with Gasteiger partial charge >= 0.3 is 0 Å². The van der Waals surface area contributed by atoms with E-state index in [1.54, 1.807) is 23.1 Å². The number of carbonyl (C=O) groups excluding carboxylic acids is 1. The summed E-state index contributed by atoms with van der Waals surface area (Å²) in [6.07, 6.45) is 1.98. The van der Waals surface area contributed by atoms with Gasteiger partial charge in [-0.15, -0.1) is 0 Å². The topological polar surface area (TPSA) is 46.3 Å². The van der Waals surface area contributed by atoms with Gasteiger partial charge in [-0.1, -0.05) is 35.9 Å². The van der Waals surface area contributed by atoms with Gasteiger partial charge in [-0.05, 0) is 42.2 Å². The summed E-state index contributed by atoms with van der Waals surface area (Å²) in [6, 6.07) is 13.5. The third-order valence-electron chi connectivity index (χ3n) is 4.13. The number of halogens is 1. The number of hydrogen-bond donors (Lipinski definition) is 1. The third-order valence-corrected chi connectivity index (χ3v) is 4.48. The molecule has 108 valence electrons.